The topological polar surface area (TPSA) is 38.0 Å². The molecular weight excluding hydrogens is 267 g/mol. The molecule has 0 aliphatic heterocycles. The van der Waals surface area contributed by atoms with Gasteiger partial charge >= 0.3 is 0 Å². The van der Waals surface area contributed by atoms with Crippen molar-refractivity contribution in [1.29, 1.82) is 0 Å². The van der Waals surface area contributed by atoms with Crippen LogP contribution < -0.4 is 0 Å². The average Bonchev–Trinajstić information content (AvgIpc) is 2.72. The zero-order valence-corrected chi connectivity index (χ0v) is 11.7. The smallest absolute Gasteiger partial charge is 0.141 e. The van der Waals surface area contributed by atoms with E-state index in [-0.39, 0.29) is 5.02 Å². The summed E-state index contributed by atoms with van der Waals surface area (Å²) in [4.78, 5) is 0. The van der Waals surface area contributed by atoms with Gasteiger partial charge in [-0.2, -0.15) is 5.10 Å². The number of rotatable bonds is 4. The third kappa shape index (κ3) is 3.14. The molecule has 1 aromatic carbocycles. The van der Waals surface area contributed by atoms with E-state index in [9.17, 15) is 9.50 Å². The van der Waals surface area contributed by atoms with Crippen molar-refractivity contribution in [3.63, 3.8) is 0 Å². The van der Waals surface area contributed by atoms with E-state index in [2.05, 4.69) is 5.10 Å². The molecule has 1 atom stereocenters. The summed E-state index contributed by atoms with van der Waals surface area (Å²) in [6.45, 7) is 4.66. The number of aliphatic hydroxyl groups is 1. The van der Waals surface area contributed by atoms with Crippen LogP contribution in [0.3, 0.4) is 0 Å². The largest absolute Gasteiger partial charge is 0.388 e. The van der Waals surface area contributed by atoms with E-state index in [0.717, 1.165) is 17.9 Å². The van der Waals surface area contributed by atoms with Crippen LogP contribution in [-0.4, -0.2) is 14.9 Å². The Bertz CT molecular complexity index is 583. The van der Waals surface area contributed by atoms with Gasteiger partial charge in [0.2, 0.25) is 0 Å². The molecule has 1 unspecified atom stereocenters. The second-order valence-corrected chi connectivity index (χ2v) is 4.89. The lowest BCUT2D eigenvalue weighted by Crippen LogP contribution is -2.08. The number of aliphatic hydroxyl groups excluding tert-OH is 1. The molecule has 1 aromatic heterocycles. The first-order valence-electron chi connectivity index (χ1n) is 6.17. The van der Waals surface area contributed by atoms with Crippen molar-refractivity contribution >= 4 is 11.6 Å². The fourth-order valence-electron chi connectivity index (χ4n) is 2.07. The number of benzene rings is 1. The highest BCUT2D eigenvalue weighted by Crippen LogP contribution is 2.23. The van der Waals surface area contributed by atoms with E-state index >= 15 is 0 Å². The number of hydrogen-bond acceptors (Lipinski definition) is 2. The van der Waals surface area contributed by atoms with E-state index in [4.69, 9.17) is 11.6 Å². The first-order valence-corrected chi connectivity index (χ1v) is 6.55. The molecular formula is C14H16ClFN2O. The van der Waals surface area contributed by atoms with Crippen LogP contribution in [0.1, 0.15) is 30.0 Å². The molecule has 0 amide bonds. The van der Waals surface area contributed by atoms with Crippen LogP contribution in [0.25, 0.3) is 0 Å². The van der Waals surface area contributed by atoms with Crippen molar-refractivity contribution in [2.75, 3.05) is 0 Å². The van der Waals surface area contributed by atoms with Crippen LogP contribution >= 0.6 is 11.6 Å². The molecule has 1 N–H and O–H groups in total. The van der Waals surface area contributed by atoms with Crippen molar-refractivity contribution in [3.8, 4) is 0 Å². The van der Waals surface area contributed by atoms with Crippen molar-refractivity contribution in [2.45, 2.75) is 32.9 Å². The summed E-state index contributed by atoms with van der Waals surface area (Å²) in [6, 6.07) is 6.22. The van der Waals surface area contributed by atoms with Crippen LogP contribution in [0.15, 0.2) is 24.3 Å². The summed E-state index contributed by atoms with van der Waals surface area (Å²) in [7, 11) is 0. The number of aryl methyl sites for hydroxylation is 2. The summed E-state index contributed by atoms with van der Waals surface area (Å²) in [6.07, 6.45) is -0.295. The predicted octanol–water partition coefficient (Wildman–Crippen LogP) is 3.28. The van der Waals surface area contributed by atoms with Crippen molar-refractivity contribution < 1.29 is 9.50 Å². The second-order valence-electron chi connectivity index (χ2n) is 4.49. The molecule has 0 fully saturated rings. The molecule has 3 nitrogen and oxygen atoms in total. The molecule has 2 rings (SSSR count). The first kappa shape index (κ1) is 14.0. The lowest BCUT2D eigenvalue weighted by Gasteiger charge is -2.12. The Morgan fingerprint density at radius 2 is 2.16 bits per heavy atom. The number of nitrogens with zero attached hydrogens (tertiary/aromatic N) is 2. The van der Waals surface area contributed by atoms with E-state index in [1.54, 1.807) is 6.07 Å². The normalized spacial score (nSPS) is 12.7. The van der Waals surface area contributed by atoms with Crippen LogP contribution in [0.2, 0.25) is 5.02 Å². The fraction of sp³-hybridized carbons (Fsp3) is 0.357. The van der Waals surface area contributed by atoms with E-state index < -0.39 is 11.9 Å². The third-order valence-corrected chi connectivity index (χ3v) is 3.31. The monoisotopic (exact) mass is 282 g/mol. The van der Waals surface area contributed by atoms with Crippen molar-refractivity contribution in [3.05, 3.63) is 52.1 Å². The highest BCUT2D eigenvalue weighted by molar-refractivity contribution is 6.30. The highest BCUT2D eigenvalue weighted by atomic mass is 35.5. The second kappa shape index (κ2) is 5.72. The lowest BCUT2D eigenvalue weighted by molar-refractivity contribution is 0.175. The van der Waals surface area contributed by atoms with Crippen molar-refractivity contribution in [1.82, 2.24) is 9.78 Å². The van der Waals surface area contributed by atoms with Crippen LogP contribution in [0, 0.1) is 12.7 Å². The molecule has 1 heterocycles. The SMILES string of the molecule is CCn1nc(C)cc1CC(O)c1ccc(F)c(Cl)c1. The van der Waals surface area contributed by atoms with Crippen molar-refractivity contribution in [2.24, 2.45) is 0 Å². The Labute approximate surface area is 116 Å². The Kier molecular flexibility index (Phi) is 4.22. The molecule has 0 bridgehead atoms. The van der Waals surface area contributed by atoms with Gasteiger partial charge in [0.05, 0.1) is 16.8 Å². The maximum Gasteiger partial charge on any atom is 0.141 e. The maximum atomic E-state index is 13.1. The molecule has 19 heavy (non-hydrogen) atoms. The predicted molar refractivity (Wildman–Crippen MR) is 72.7 cm³/mol. The fourth-order valence-corrected chi connectivity index (χ4v) is 2.26. The van der Waals surface area contributed by atoms with Gasteiger partial charge in [-0.15, -0.1) is 0 Å². The number of aromatic nitrogens is 2. The van der Waals surface area contributed by atoms with Gasteiger partial charge in [0, 0.05) is 18.7 Å². The van der Waals surface area contributed by atoms with Gasteiger partial charge < -0.3 is 5.11 Å². The van der Waals surface area contributed by atoms with E-state index in [1.807, 2.05) is 24.6 Å². The van der Waals surface area contributed by atoms with Gasteiger partial charge in [-0.25, -0.2) is 4.39 Å². The quantitative estimate of drug-likeness (QED) is 0.934. The molecule has 0 aliphatic carbocycles. The molecule has 2 aromatic rings. The molecule has 5 heteroatoms. The molecule has 0 saturated heterocycles. The van der Waals surface area contributed by atoms with Crippen LogP contribution in [0.5, 0.6) is 0 Å². The summed E-state index contributed by atoms with van der Waals surface area (Å²) >= 11 is 5.72. The van der Waals surface area contributed by atoms with Gasteiger partial charge in [0.25, 0.3) is 0 Å². The number of halogens is 2. The zero-order valence-electron chi connectivity index (χ0n) is 10.9. The third-order valence-electron chi connectivity index (χ3n) is 3.02. The summed E-state index contributed by atoms with van der Waals surface area (Å²) in [5.74, 6) is -0.480. The van der Waals surface area contributed by atoms with Gasteiger partial charge in [-0.05, 0) is 37.6 Å². The molecule has 0 radical (unpaired) electrons. The van der Waals surface area contributed by atoms with Gasteiger partial charge in [-0.3, -0.25) is 4.68 Å². The minimum atomic E-state index is -0.723. The van der Waals surface area contributed by atoms with Gasteiger partial charge in [0.15, 0.2) is 0 Å². The molecule has 0 aliphatic rings. The molecule has 0 saturated carbocycles. The Balaban J connectivity index is 2.20. The lowest BCUT2D eigenvalue weighted by atomic mass is 10.0. The molecule has 0 spiro atoms. The average molecular weight is 283 g/mol. The number of hydrogen-bond donors (Lipinski definition) is 1. The van der Waals surface area contributed by atoms with Crippen LogP contribution in [0.4, 0.5) is 4.39 Å². The highest BCUT2D eigenvalue weighted by Gasteiger charge is 2.14. The first-order chi connectivity index (χ1) is 9.01. The summed E-state index contributed by atoms with van der Waals surface area (Å²) in [5, 5.41) is 14.5. The molecule has 102 valence electrons. The summed E-state index contributed by atoms with van der Waals surface area (Å²) in [5.41, 5.74) is 2.47. The van der Waals surface area contributed by atoms with Gasteiger partial charge in [-0.1, -0.05) is 17.7 Å². The zero-order chi connectivity index (χ0) is 14.0. The van der Waals surface area contributed by atoms with Gasteiger partial charge in [0.1, 0.15) is 5.82 Å². The minimum Gasteiger partial charge on any atom is -0.388 e. The summed E-state index contributed by atoms with van der Waals surface area (Å²) < 4.78 is 14.9. The standard InChI is InChI=1S/C14H16ClFN2O/c1-3-18-11(6-9(2)17-18)8-14(19)10-4-5-13(16)12(15)7-10/h4-7,14,19H,3,8H2,1-2H3. The maximum absolute atomic E-state index is 13.1. The van der Waals surface area contributed by atoms with E-state index in [1.165, 1.54) is 12.1 Å². The van der Waals surface area contributed by atoms with Crippen LogP contribution in [-0.2, 0) is 13.0 Å². The Hall–Kier alpha value is -1.39. The Morgan fingerprint density at radius 1 is 1.42 bits per heavy atom. The Morgan fingerprint density at radius 3 is 2.79 bits per heavy atom. The van der Waals surface area contributed by atoms with E-state index in [0.29, 0.717) is 12.0 Å². The minimum absolute atomic E-state index is 0.0247.